The quantitative estimate of drug-likeness (QED) is 0.179. The number of anilines is 1. The van der Waals surface area contributed by atoms with Crippen molar-refractivity contribution in [3.05, 3.63) is 106 Å². The number of aryl methyl sites for hydroxylation is 1. The van der Waals surface area contributed by atoms with Crippen LogP contribution in [0.1, 0.15) is 51.9 Å². The highest BCUT2D eigenvalue weighted by molar-refractivity contribution is 6.31. The molecule has 4 aromatic rings. The monoisotopic (exact) mass is 573 g/mol. The zero-order chi connectivity index (χ0) is 29.4. The second-order valence-electron chi connectivity index (χ2n) is 10.3. The number of Topliss-reactive ketones (excluding diaryl/α,β-unsaturated/α-hetero) is 1. The van der Waals surface area contributed by atoms with Crippen molar-refractivity contribution in [2.75, 3.05) is 18.6 Å². The van der Waals surface area contributed by atoms with Crippen molar-refractivity contribution in [1.29, 1.82) is 0 Å². The summed E-state index contributed by atoms with van der Waals surface area (Å²) in [6.07, 6.45) is 0. The molecule has 0 saturated carbocycles. The Morgan fingerprint density at radius 2 is 1.80 bits per heavy atom. The molecule has 1 unspecified atom stereocenters. The first kappa shape index (κ1) is 28.0. The highest BCUT2D eigenvalue weighted by Crippen LogP contribution is 2.43. The number of furan rings is 1. The van der Waals surface area contributed by atoms with Gasteiger partial charge in [0.2, 0.25) is 5.78 Å². The maximum absolute atomic E-state index is 13.9. The molecule has 2 heterocycles. The van der Waals surface area contributed by atoms with Gasteiger partial charge in [0, 0.05) is 22.2 Å². The van der Waals surface area contributed by atoms with Crippen molar-refractivity contribution in [1.82, 2.24) is 0 Å². The van der Waals surface area contributed by atoms with E-state index in [1.54, 1.807) is 42.5 Å². The van der Waals surface area contributed by atoms with E-state index in [1.807, 2.05) is 39.0 Å². The second kappa shape index (κ2) is 11.1. The van der Waals surface area contributed by atoms with Crippen molar-refractivity contribution in [3.63, 3.8) is 0 Å². The Kier molecular flexibility index (Phi) is 7.60. The number of fused-ring (bicyclic) bond motifs is 1. The summed E-state index contributed by atoms with van der Waals surface area (Å²) in [7, 11) is 1.46. The van der Waals surface area contributed by atoms with E-state index >= 15 is 0 Å². The third-order valence-electron chi connectivity index (χ3n) is 6.73. The van der Waals surface area contributed by atoms with E-state index in [2.05, 4.69) is 0 Å². The standard InChI is InChI=1S/C32H28ClNO7/c1-17(2)16-40-32(38)19-8-10-23(11-9-19)34-27(20-7-5-6-18(3)12-20)26(29(36)31(34)37)28(35)24-14-21-13-22(33)15-25(39-4)30(21)41-24/h5-15,17,27,36H,16H2,1-4H3. The Morgan fingerprint density at radius 1 is 1.07 bits per heavy atom. The minimum absolute atomic E-state index is 0.0855. The molecule has 0 radical (unpaired) electrons. The Balaban J connectivity index is 1.57. The molecule has 1 aliphatic heterocycles. The molecule has 3 aromatic carbocycles. The van der Waals surface area contributed by atoms with Gasteiger partial charge in [0.05, 0.1) is 30.9 Å². The van der Waals surface area contributed by atoms with Gasteiger partial charge < -0.3 is 19.0 Å². The molecule has 1 aromatic heterocycles. The maximum atomic E-state index is 13.9. The number of amides is 1. The molecule has 0 saturated heterocycles. The van der Waals surface area contributed by atoms with Crippen LogP contribution in [0, 0.1) is 12.8 Å². The van der Waals surface area contributed by atoms with Crippen molar-refractivity contribution < 1.29 is 33.4 Å². The molecule has 0 fully saturated rings. The van der Waals surface area contributed by atoms with Gasteiger partial charge in [-0.1, -0.05) is 55.3 Å². The number of methoxy groups -OCH3 is 1. The molecule has 1 atom stereocenters. The Morgan fingerprint density at radius 3 is 2.46 bits per heavy atom. The Labute approximate surface area is 241 Å². The zero-order valence-electron chi connectivity index (χ0n) is 22.9. The molecule has 8 nitrogen and oxygen atoms in total. The summed E-state index contributed by atoms with van der Waals surface area (Å²) in [6.45, 7) is 6.05. The number of aliphatic hydroxyl groups is 1. The first-order valence-electron chi connectivity index (χ1n) is 13.0. The van der Waals surface area contributed by atoms with Crippen LogP contribution in [-0.4, -0.2) is 36.5 Å². The number of benzene rings is 3. The molecule has 1 aliphatic rings. The Bertz CT molecular complexity index is 1700. The first-order valence-corrected chi connectivity index (χ1v) is 13.4. The third kappa shape index (κ3) is 5.30. The number of hydrogen-bond acceptors (Lipinski definition) is 7. The maximum Gasteiger partial charge on any atom is 0.338 e. The Hall–Kier alpha value is -4.56. The average Bonchev–Trinajstić information content (AvgIpc) is 3.49. The lowest BCUT2D eigenvalue weighted by Gasteiger charge is -2.27. The number of carbonyl (C=O) groups is 3. The molecule has 5 rings (SSSR count). The fourth-order valence-electron chi connectivity index (χ4n) is 4.83. The lowest BCUT2D eigenvalue weighted by molar-refractivity contribution is -0.117. The molecule has 1 amide bonds. The fourth-order valence-corrected chi connectivity index (χ4v) is 5.04. The van der Waals surface area contributed by atoms with Gasteiger partial charge in [-0.15, -0.1) is 0 Å². The zero-order valence-corrected chi connectivity index (χ0v) is 23.7. The third-order valence-corrected chi connectivity index (χ3v) is 6.95. The lowest BCUT2D eigenvalue weighted by atomic mass is 9.93. The molecule has 9 heteroatoms. The molecule has 0 spiro atoms. The van der Waals surface area contributed by atoms with Crippen LogP contribution in [0.4, 0.5) is 5.69 Å². The number of carbonyl (C=O) groups excluding carboxylic acids is 3. The molecule has 1 N–H and O–H groups in total. The van der Waals surface area contributed by atoms with E-state index in [1.165, 1.54) is 18.1 Å². The van der Waals surface area contributed by atoms with E-state index in [4.69, 9.17) is 25.5 Å². The molecule has 41 heavy (non-hydrogen) atoms. The summed E-state index contributed by atoms with van der Waals surface area (Å²) in [5.41, 5.74) is 2.40. The number of nitrogens with zero attached hydrogens (tertiary/aromatic N) is 1. The number of ketones is 1. The predicted molar refractivity (Wildman–Crippen MR) is 155 cm³/mol. The summed E-state index contributed by atoms with van der Waals surface area (Å²) in [5, 5.41) is 12.0. The van der Waals surface area contributed by atoms with Crippen LogP contribution in [0.3, 0.4) is 0 Å². The van der Waals surface area contributed by atoms with Crippen molar-refractivity contribution in [2.24, 2.45) is 5.92 Å². The molecular weight excluding hydrogens is 546 g/mol. The summed E-state index contributed by atoms with van der Waals surface area (Å²) in [4.78, 5) is 41.3. The fraction of sp³-hybridized carbons (Fsp3) is 0.219. The molecule has 0 bridgehead atoms. The largest absolute Gasteiger partial charge is 0.503 e. The summed E-state index contributed by atoms with van der Waals surface area (Å²) < 4.78 is 16.5. The smallest absolute Gasteiger partial charge is 0.338 e. The number of aliphatic hydroxyl groups excluding tert-OH is 1. The normalized spacial score (nSPS) is 15.2. The minimum Gasteiger partial charge on any atom is -0.503 e. The van der Waals surface area contributed by atoms with Gasteiger partial charge in [-0.25, -0.2) is 4.79 Å². The van der Waals surface area contributed by atoms with Crippen LogP contribution in [0.25, 0.3) is 11.0 Å². The van der Waals surface area contributed by atoms with Crippen LogP contribution in [0.2, 0.25) is 5.02 Å². The highest BCUT2D eigenvalue weighted by Gasteiger charge is 2.45. The van der Waals surface area contributed by atoms with Gasteiger partial charge in [0.25, 0.3) is 5.91 Å². The highest BCUT2D eigenvalue weighted by atomic mass is 35.5. The predicted octanol–water partition coefficient (Wildman–Crippen LogP) is 7.00. The van der Waals surface area contributed by atoms with Gasteiger partial charge in [-0.3, -0.25) is 14.5 Å². The molecule has 0 aliphatic carbocycles. The number of rotatable bonds is 8. The molecular formula is C32H28ClNO7. The topological polar surface area (TPSA) is 106 Å². The lowest BCUT2D eigenvalue weighted by Crippen LogP contribution is -2.31. The van der Waals surface area contributed by atoms with E-state index in [-0.39, 0.29) is 23.9 Å². The second-order valence-corrected chi connectivity index (χ2v) is 10.7. The van der Waals surface area contributed by atoms with Gasteiger partial charge in [0.15, 0.2) is 22.9 Å². The van der Waals surface area contributed by atoms with Crippen LogP contribution in [0.5, 0.6) is 5.75 Å². The molecule has 210 valence electrons. The number of hydrogen-bond donors (Lipinski definition) is 1. The van der Waals surface area contributed by atoms with E-state index in [9.17, 15) is 19.5 Å². The van der Waals surface area contributed by atoms with Crippen LogP contribution in [0.15, 0.2) is 82.5 Å². The number of esters is 1. The van der Waals surface area contributed by atoms with Gasteiger partial charge in [-0.05, 0) is 54.8 Å². The van der Waals surface area contributed by atoms with Gasteiger partial charge >= 0.3 is 5.97 Å². The van der Waals surface area contributed by atoms with Crippen molar-refractivity contribution in [3.8, 4) is 5.75 Å². The first-order chi connectivity index (χ1) is 19.6. The van der Waals surface area contributed by atoms with E-state index in [0.29, 0.717) is 38.6 Å². The van der Waals surface area contributed by atoms with E-state index < -0.39 is 29.5 Å². The van der Waals surface area contributed by atoms with E-state index in [0.717, 1.165) is 5.56 Å². The van der Waals surface area contributed by atoms with Crippen molar-refractivity contribution >= 4 is 45.9 Å². The number of halogens is 1. The summed E-state index contributed by atoms with van der Waals surface area (Å²) in [5.74, 6) is -2.14. The van der Waals surface area contributed by atoms with Gasteiger partial charge in [0.1, 0.15) is 0 Å². The SMILES string of the molecule is COc1cc(Cl)cc2cc(C(=O)C3=C(O)C(=O)N(c4ccc(C(=O)OCC(C)C)cc4)C3c3cccc(C)c3)oc12. The van der Waals surface area contributed by atoms with Crippen molar-refractivity contribution in [2.45, 2.75) is 26.8 Å². The van der Waals surface area contributed by atoms with Gasteiger partial charge in [-0.2, -0.15) is 0 Å². The summed E-state index contributed by atoms with van der Waals surface area (Å²) >= 11 is 6.19. The van der Waals surface area contributed by atoms with Crippen LogP contribution < -0.4 is 9.64 Å². The minimum atomic E-state index is -0.965. The van der Waals surface area contributed by atoms with Crippen LogP contribution >= 0.6 is 11.6 Å². The average molecular weight is 574 g/mol. The number of ether oxygens (including phenoxy) is 2. The van der Waals surface area contributed by atoms with Crippen LogP contribution in [-0.2, 0) is 9.53 Å². The summed E-state index contributed by atoms with van der Waals surface area (Å²) in [6, 6.07) is 17.3.